The molecular formula is C15H19N3. The lowest BCUT2D eigenvalue weighted by atomic mass is 9.80. The predicted octanol–water partition coefficient (Wildman–Crippen LogP) is 3.66. The summed E-state index contributed by atoms with van der Waals surface area (Å²) in [5.41, 5.74) is 2.83. The van der Waals surface area contributed by atoms with Gasteiger partial charge in [-0.25, -0.2) is 4.98 Å². The lowest BCUT2D eigenvalue weighted by Gasteiger charge is -2.26. The summed E-state index contributed by atoms with van der Waals surface area (Å²) in [7, 11) is 0. The van der Waals surface area contributed by atoms with Crippen molar-refractivity contribution in [1.82, 2.24) is 9.97 Å². The van der Waals surface area contributed by atoms with Crippen molar-refractivity contribution in [3.8, 4) is 6.07 Å². The molecule has 0 bridgehead atoms. The summed E-state index contributed by atoms with van der Waals surface area (Å²) in [6, 6.07) is 7.70. The zero-order chi connectivity index (χ0) is 13.3. The van der Waals surface area contributed by atoms with Crippen molar-refractivity contribution in [2.45, 2.75) is 34.1 Å². The maximum atomic E-state index is 8.87. The number of aromatic amines is 1. The molecule has 1 aromatic carbocycles. The average Bonchev–Trinajstić information content (AvgIpc) is 2.68. The topological polar surface area (TPSA) is 52.5 Å². The summed E-state index contributed by atoms with van der Waals surface area (Å²) in [6.45, 7) is 8.98. The first-order valence-corrected chi connectivity index (χ1v) is 6.29. The average molecular weight is 241 g/mol. The van der Waals surface area contributed by atoms with Crippen molar-refractivity contribution in [2.24, 2.45) is 11.3 Å². The number of H-pyrrole nitrogens is 1. The molecule has 0 saturated heterocycles. The number of rotatable bonds is 2. The van der Waals surface area contributed by atoms with E-state index in [1.54, 1.807) is 6.07 Å². The Morgan fingerprint density at radius 3 is 2.72 bits per heavy atom. The van der Waals surface area contributed by atoms with E-state index >= 15 is 0 Å². The first kappa shape index (κ1) is 12.6. The van der Waals surface area contributed by atoms with Gasteiger partial charge in [0.2, 0.25) is 0 Å². The number of aromatic nitrogens is 2. The summed E-state index contributed by atoms with van der Waals surface area (Å²) in [6.07, 6.45) is 0.931. The third-order valence-electron chi connectivity index (χ3n) is 3.64. The Balaban J connectivity index is 2.28. The smallest absolute Gasteiger partial charge is 0.107 e. The molecule has 1 unspecified atom stereocenters. The first-order chi connectivity index (χ1) is 8.40. The Bertz CT molecular complexity index is 596. The Labute approximate surface area is 108 Å². The standard InChI is InChI=1S/C15H19N3/c1-10(15(2,3)4)7-14-17-12-6-5-11(9-16)8-13(12)18-14/h5-6,8,10H,7H2,1-4H3,(H,17,18). The predicted molar refractivity (Wildman–Crippen MR) is 73.1 cm³/mol. The molecular weight excluding hydrogens is 222 g/mol. The van der Waals surface area contributed by atoms with Crippen LogP contribution in [0, 0.1) is 22.7 Å². The van der Waals surface area contributed by atoms with E-state index in [0.717, 1.165) is 23.3 Å². The van der Waals surface area contributed by atoms with Crippen LogP contribution in [-0.4, -0.2) is 9.97 Å². The van der Waals surface area contributed by atoms with Gasteiger partial charge in [0.25, 0.3) is 0 Å². The van der Waals surface area contributed by atoms with Gasteiger partial charge in [-0.3, -0.25) is 0 Å². The van der Waals surface area contributed by atoms with Crippen LogP contribution in [0.4, 0.5) is 0 Å². The largest absolute Gasteiger partial charge is 0.342 e. The van der Waals surface area contributed by atoms with E-state index in [9.17, 15) is 0 Å². The molecule has 0 saturated carbocycles. The van der Waals surface area contributed by atoms with E-state index in [-0.39, 0.29) is 5.41 Å². The maximum absolute atomic E-state index is 8.87. The second kappa shape index (κ2) is 4.45. The Morgan fingerprint density at radius 2 is 2.11 bits per heavy atom. The third kappa shape index (κ3) is 2.53. The maximum Gasteiger partial charge on any atom is 0.107 e. The third-order valence-corrected chi connectivity index (χ3v) is 3.64. The number of nitrogens with zero attached hydrogens (tertiary/aromatic N) is 2. The fraction of sp³-hybridized carbons (Fsp3) is 0.467. The van der Waals surface area contributed by atoms with Crippen LogP contribution < -0.4 is 0 Å². The minimum Gasteiger partial charge on any atom is -0.342 e. The molecule has 0 spiro atoms. The molecule has 0 aliphatic heterocycles. The Morgan fingerprint density at radius 1 is 1.39 bits per heavy atom. The van der Waals surface area contributed by atoms with Gasteiger partial charge >= 0.3 is 0 Å². The summed E-state index contributed by atoms with van der Waals surface area (Å²) < 4.78 is 0. The molecule has 1 atom stereocenters. The van der Waals surface area contributed by atoms with Gasteiger partial charge in [-0.1, -0.05) is 27.7 Å². The van der Waals surface area contributed by atoms with Crippen molar-refractivity contribution < 1.29 is 0 Å². The van der Waals surface area contributed by atoms with Gasteiger partial charge < -0.3 is 4.98 Å². The van der Waals surface area contributed by atoms with E-state index in [1.807, 2.05) is 12.1 Å². The van der Waals surface area contributed by atoms with E-state index in [0.29, 0.717) is 11.5 Å². The number of nitrogens with one attached hydrogen (secondary N) is 1. The van der Waals surface area contributed by atoms with Gasteiger partial charge in [-0.2, -0.15) is 5.26 Å². The van der Waals surface area contributed by atoms with Gasteiger partial charge in [0.05, 0.1) is 22.7 Å². The first-order valence-electron chi connectivity index (χ1n) is 6.29. The Kier molecular flexibility index (Phi) is 3.13. The van der Waals surface area contributed by atoms with Crippen LogP contribution in [0.5, 0.6) is 0 Å². The zero-order valence-electron chi connectivity index (χ0n) is 11.4. The molecule has 0 radical (unpaired) electrons. The molecule has 94 valence electrons. The number of imidazole rings is 1. The van der Waals surface area contributed by atoms with E-state index < -0.39 is 0 Å². The molecule has 3 heteroatoms. The molecule has 0 amide bonds. The highest BCUT2D eigenvalue weighted by molar-refractivity contribution is 5.76. The van der Waals surface area contributed by atoms with Gasteiger partial charge in [0.1, 0.15) is 5.82 Å². The molecule has 0 fully saturated rings. The van der Waals surface area contributed by atoms with E-state index in [1.165, 1.54) is 0 Å². The SMILES string of the molecule is CC(Cc1nc2ccc(C#N)cc2[nH]1)C(C)(C)C. The molecule has 2 aromatic rings. The van der Waals surface area contributed by atoms with Crippen LogP contribution in [0.2, 0.25) is 0 Å². The van der Waals surface area contributed by atoms with E-state index in [2.05, 4.69) is 43.7 Å². The molecule has 0 aliphatic rings. The van der Waals surface area contributed by atoms with Crippen molar-refractivity contribution in [1.29, 1.82) is 5.26 Å². The lowest BCUT2D eigenvalue weighted by molar-refractivity contribution is 0.257. The number of fused-ring (bicyclic) bond motifs is 1. The summed E-state index contributed by atoms with van der Waals surface area (Å²) >= 11 is 0. The number of hydrogen-bond acceptors (Lipinski definition) is 2. The fourth-order valence-corrected chi connectivity index (χ4v) is 1.82. The molecule has 1 heterocycles. The van der Waals surface area contributed by atoms with Crippen LogP contribution in [-0.2, 0) is 6.42 Å². The van der Waals surface area contributed by atoms with Crippen molar-refractivity contribution in [3.63, 3.8) is 0 Å². The monoisotopic (exact) mass is 241 g/mol. The van der Waals surface area contributed by atoms with Gasteiger partial charge in [0, 0.05) is 6.42 Å². The second-order valence-electron chi connectivity index (χ2n) is 6.00. The molecule has 1 N–H and O–H groups in total. The van der Waals surface area contributed by atoms with Crippen LogP contribution in [0.25, 0.3) is 11.0 Å². The normalized spacial score (nSPS) is 13.5. The van der Waals surface area contributed by atoms with Gasteiger partial charge in [0.15, 0.2) is 0 Å². The fourth-order valence-electron chi connectivity index (χ4n) is 1.82. The molecule has 2 rings (SSSR count). The highest BCUT2D eigenvalue weighted by atomic mass is 14.9. The highest BCUT2D eigenvalue weighted by Crippen LogP contribution is 2.28. The highest BCUT2D eigenvalue weighted by Gasteiger charge is 2.21. The van der Waals surface area contributed by atoms with E-state index in [4.69, 9.17) is 5.26 Å². The molecule has 3 nitrogen and oxygen atoms in total. The molecule has 18 heavy (non-hydrogen) atoms. The lowest BCUT2D eigenvalue weighted by Crippen LogP contribution is -2.19. The van der Waals surface area contributed by atoms with Crippen LogP contribution >= 0.6 is 0 Å². The van der Waals surface area contributed by atoms with Crippen molar-refractivity contribution in [3.05, 3.63) is 29.6 Å². The quantitative estimate of drug-likeness (QED) is 0.872. The summed E-state index contributed by atoms with van der Waals surface area (Å²) in [4.78, 5) is 7.89. The van der Waals surface area contributed by atoms with Gasteiger partial charge in [-0.15, -0.1) is 0 Å². The van der Waals surface area contributed by atoms with Crippen molar-refractivity contribution >= 4 is 11.0 Å². The molecule has 0 aliphatic carbocycles. The minimum atomic E-state index is 0.275. The summed E-state index contributed by atoms with van der Waals surface area (Å²) in [5.74, 6) is 1.55. The second-order valence-corrected chi connectivity index (χ2v) is 6.00. The summed E-state index contributed by atoms with van der Waals surface area (Å²) in [5, 5.41) is 8.87. The van der Waals surface area contributed by atoms with Crippen LogP contribution in [0.3, 0.4) is 0 Å². The Hall–Kier alpha value is -1.82. The van der Waals surface area contributed by atoms with Crippen LogP contribution in [0.15, 0.2) is 18.2 Å². The van der Waals surface area contributed by atoms with Crippen molar-refractivity contribution in [2.75, 3.05) is 0 Å². The minimum absolute atomic E-state index is 0.275. The van der Waals surface area contributed by atoms with Crippen LogP contribution in [0.1, 0.15) is 39.1 Å². The van der Waals surface area contributed by atoms with Gasteiger partial charge in [-0.05, 0) is 29.5 Å². The zero-order valence-corrected chi connectivity index (χ0v) is 11.4. The number of benzene rings is 1. The molecule has 1 aromatic heterocycles. The number of nitriles is 1. The number of hydrogen-bond donors (Lipinski definition) is 1.